The summed E-state index contributed by atoms with van der Waals surface area (Å²) in [7, 11) is -0.283. The van der Waals surface area contributed by atoms with Crippen LogP contribution in [0.3, 0.4) is 0 Å². The first-order valence-corrected chi connectivity index (χ1v) is 8.05. The monoisotopic (exact) mass is 282 g/mol. The van der Waals surface area contributed by atoms with E-state index in [4.69, 9.17) is 0 Å². The molecular weight excluding hydrogens is 260 g/mol. The van der Waals surface area contributed by atoms with Crippen LogP contribution in [0.1, 0.15) is 26.2 Å². The SMILES string of the molecule is CN(C)S(=O)(=O)c1ccccc1NCC1(C)CCC1. The fraction of sp³-hybridized carbons (Fsp3) is 0.571. The highest BCUT2D eigenvalue weighted by atomic mass is 32.2. The zero-order valence-corrected chi connectivity index (χ0v) is 12.6. The number of hydrogen-bond acceptors (Lipinski definition) is 3. The van der Waals surface area contributed by atoms with E-state index < -0.39 is 10.0 Å². The molecule has 106 valence electrons. The summed E-state index contributed by atoms with van der Waals surface area (Å²) < 4.78 is 25.7. The van der Waals surface area contributed by atoms with E-state index >= 15 is 0 Å². The molecule has 1 aliphatic carbocycles. The Labute approximate surface area is 115 Å². The minimum Gasteiger partial charge on any atom is -0.383 e. The fourth-order valence-corrected chi connectivity index (χ4v) is 3.36. The largest absolute Gasteiger partial charge is 0.383 e. The number of hydrogen-bond donors (Lipinski definition) is 1. The zero-order valence-electron chi connectivity index (χ0n) is 11.8. The molecule has 0 aliphatic heterocycles. The Hall–Kier alpha value is -1.07. The Morgan fingerprint density at radius 2 is 1.89 bits per heavy atom. The topological polar surface area (TPSA) is 49.4 Å². The molecular formula is C14H22N2O2S. The first-order chi connectivity index (χ1) is 8.85. The molecule has 1 N–H and O–H groups in total. The summed E-state index contributed by atoms with van der Waals surface area (Å²) in [5.74, 6) is 0. The van der Waals surface area contributed by atoms with E-state index in [9.17, 15) is 8.42 Å². The van der Waals surface area contributed by atoms with E-state index in [1.165, 1.54) is 23.6 Å². The van der Waals surface area contributed by atoms with Crippen molar-refractivity contribution >= 4 is 15.7 Å². The van der Waals surface area contributed by atoms with Gasteiger partial charge in [0.1, 0.15) is 4.90 Å². The number of nitrogens with one attached hydrogen (secondary N) is 1. The van der Waals surface area contributed by atoms with Crippen molar-refractivity contribution in [2.75, 3.05) is 26.0 Å². The number of rotatable bonds is 5. The molecule has 1 saturated carbocycles. The first-order valence-electron chi connectivity index (χ1n) is 6.61. The smallest absolute Gasteiger partial charge is 0.244 e. The summed E-state index contributed by atoms with van der Waals surface area (Å²) in [5.41, 5.74) is 1.01. The van der Waals surface area contributed by atoms with Crippen LogP contribution in [0, 0.1) is 5.41 Å². The van der Waals surface area contributed by atoms with Gasteiger partial charge in [-0.25, -0.2) is 12.7 Å². The molecule has 4 nitrogen and oxygen atoms in total. The van der Waals surface area contributed by atoms with E-state index in [1.807, 2.05) is 12.1 Å². The number of para-hydroxylation sites is 1. The molecule has 0 unspecified atom stereocenters. The van der Waals surface area contributed by atoms with Gasteiger partial charge in [-0.2, -0.15) is 0 Å². The van der Waals surface area contributed by atoms with Gasteiger partial charge < -0.3 is 5.32 Å². The standard InChI is InChI=1S/C14H22N2O2S/c1-14(9-6-10-14)11-15-12-7-4-5-8-13(12)19(17,18)16(2)3/h4-5,7-8,15H,6,9-11H2,1-3H3. The molecule has 2 rings (SSSR count). The Bertz CT molecular complexity index is 548. The predicted molar refractivity (Wildman–Crippen MR) is 77.8 cm³/mol. The molecule has 0 amide bonds. The van der Waals surface area contributed by atoms with Crippen molar-refractivity contribution in [3.05, 3.63) is 24.3 Å². The first kappa shape index (κ1) is 14.3. The maximum atomic E-state index is 12.2. The van der Waals surface area contributed by atoms with Crippen molar-refractivity contribution in [2.24, 2.45) is 5.41 Å². The van der Waals surface area contributed by atoms with Gasteiger partial charge in [-0.3, -0.25) is 0 Å². The van der Waals surface area contributed by atoms with Gasteiger partial charge in [0.05, 0.1) is 5.69 Å². The van der Waals surface area contributed by atoms with Crippen molar-refractivity contribution in [3.63, 3.8) is 0 Å². The fourth-order valence-electron chi connectivity index (χ4n) is 2.30. The third-order valence-corrected chi connectivity index (χ3v) is 5.79. The van der Waals surface area contributed by atoms with Crippen LogP contribution in [0.4, 0.5) is 5.69 Å². The van der Waals surface area contributed by atoms with Gasteiger partial charge in [0.25, 0.3) is 0 Å². The Kier molecular flexibility index (Phi) is 3.87. The van der Waals surface area contributed by atoms with Crippen LogP contribution in [0.2, 0.25) is 0 Å². The van der Waals surface area contributed by atoms with Gasteiger partial charge in [-0.15, -0.1) is 0 Å². The summed E-state index contributed by atoms with van der Waals surface area (Å²) in [6.07, 6.45) is 3.70. The molecule has 1 aliphatic rings. The van der Waals surface area contributed by atoms with Crippen molar-refractivity contribution in [2.45, 2.75) is 31.1 Å². The van der Waals surface area contributed by atoms with Crippen LogP contribution in [0.25, 0.3) is 0 Å². The zero-order chi connectivity index (χ0) is 14.1. The van der Waals surface area contributed by atoms with E-state index in [-0.39, 0.29) is 0 Å². The molecule has 1 fully saturated rings. The van der Waals surface area contributed by atoms with Gasteiger partial charge in [0.2, 0.25) is 10.0 Å². The van der Waals surface area contributed by atoms with Gasteiger partial charge >= 0.3 is 0 Å². The lowest BCUT2D eigenvalue weighted by Crippen LogP contribution is -2.33. The molecule has 0 heterocycles. The van der Waals surface area contributed by atoms with E-state index in [2.05, 4.69) is 12.2 Å². The number of sulfonamides is 1. The Morgan fingerprint density at radius 1 is 1.26 bits per heavy atom. The minimum absolute atomic E-state index is 0.314. The highest BCUT2D eigenvalue weighted by molar-refractivity contribution is 7.89. The van der Waals surface area contributed by atoms with Gasteiger partial charge in [0, 0.05) is 20.6 Å². The van der Waals surface area contributed by atoms with Crippen LogP contribution in [-0.4, -0.2) is 33.4 Å². The minimum atomic E-state index is -3.39. The molecule has 0 saturated heterocycles. The summed E-state index contributed by atoms with van der Waals surface area (Å²) in [6, 6.07) is 7.10. The van der Waals surface area contributed by atoms with Crippen LogP contribution in [-0.2, 0) is 10.0 Å². The van der Waals surface area contributed by atoms with Crippen LogP contribution in [0.5, 0.6) is 0 Å². The lowest BCUT2D eigenvalue weighted by Gasteiger charge is -2.38. The molecule has 0 radical (unpaired) electrons. The highest BCUT2D eigenvalue weighted by Crippen LogP contribution is 2.40. The molecule has 0 aromatic heterocycles. The predicted octanol–water partition coefficient (Wildman–Crippen LogP) is 2.54. The Balaban J connectivity index is 2.22. The number of nitrogens with zero attached hydrogens (tertiary/aromatic N) is 1. The molecule has 1 aromatic rings. The second-order valence-corrected chi connectivity index (χ2v) is 7.92. The van der Waals surface area contributed by atoms with Gasteiger partial charge in [-0.05, 0) is 30.4 Å². The van der Waals surface area contributed by atoms with E-state index in [1.54, 1.807) is 26.2 Å². The van der Waals surface area contributed by atoms with Gasteiger partial charge in [-0.1, -0.05) is 25.5 Å². The van der Waals surface area contributed by atoms with Crippen LogP contribution < -0.4 is 5.32 Å². The lowest BCUT2D eigenvalue weighted by atomic mass is 9.70. The third kappa shape index (κ3) is 2.92. The summed E-state index contributed by atoms with van der Waals surface area (Å²) in [4.78, 5) is 0.350. The van der Waals surface area contributed by atoms with Crippen molar-refractivity contribution in [1.82, 2.24) is 4.31 Å². The molecule has 19 heavy (non-hydrogen) atoms. The average molecular weight is 282 g/mol. The third-order valence-electron chi connectivity index (χ3n) is 3.91. The summed E-state index contributed by atoms with van der Waals surface area (Å²) in [5, 5.41) is 3.31. The van der Waals surface area contributed by atoms with Gasteiger partial charge in [0.15, 0.2) is 0 Å². The van der Waals surface area contributed by atoms with Crippen molar-refractivity contribution in [3.8, 4) is 0 Å². The second kappa shape index (κ2) is 5.13. The van der Waals surface area contributed by atoms with Crippen molar-refractivity contribution < 1.29 is 8.42 Å². The maximum Gasteiger partial charge on any atom is 0.244 e. The molecule has 0 atom stereocenters. The van der Waals surface area contributed by atoms with E-state index in [0.717, 1.165) is 6.54 Å². The molecule has 0 spiro atoms. The molecule has 1 aromatic carbocycles. The summed E-state index contributed by atoms with van der Waals surface area (Å²) >= 11 is 0. The Morgan fingerprint density at radius 3 is 2.42 bits per heavy atom. The molecule has 5 heteroatoms. The number of benzene rings is 1. The highest BCUT2D eigenvalue weighted by Gasteiger charge is 2.32. The molecule has 0 bridgehead atoms. The van der Waals surface area contributed by atoms with Crippen LogP contribution >= 0.6 is 0 Å². The average Bonchev–Trinajstić information content (AvgIpc) is 2.34. The maximum absolute atomic E-state index is 12.2. The second-order valence-electron chi connectivity index (χ2n) is 5.80. The normalized spacial score (nSPS) is 18.1. The van der Waals surface area contributed by atoms with E-state index in [0.29, 0.717) is 16.0 Å². The lowest BCUT2D eigenvalue weighted by molar-refractivity contribution is 0.180. The van der Waals surface area contributed by atoms with Crippen molar-refractivity contribution in [1.29, 1.82) is 0 Å². The number of anilines is 1. The van der Waals surface area contributed by atoms with Crippen LogP contribution in [0.15, 0.2) is 29.2 Å². The quantitative estimate of drug-likeness (QED) is 0.903. The summed E-state index contributed by atoms with van der Waals surface area (Å²) in [6.45, 7) is 3.07.